The highest BCUT2D eigenvalue weighted by Gasteiger charge is 2.20. The predicted molar refractivity (Wildman–Crippen MR) is 114 cm³/mol. The van der Waals surface area contributed by atoms with Crippen molar-refractivity contribution in [3.05, 3.63) is 24.3 Å². The lowest BCUT2D eigenvalue weighted by Gasteiger charge is -2.27. The molecule has 1 aliphatic rings. The molecule has 1 aromatic carbocycles. The normalized spacial score (nSPS) is 16.9. The number of hydrogen-bond donors (Lipinski definition) is 3. The molecule has 0 saturated heterocycles. The van der Waals surface area contributed by atoms with Crippen LogP contribution in [-0.4, -0.2) is 50.8 Å². The van der Waals surface area contributed by atoms with Gasteiger partial charge in [0.25, 0.3) is 0 Å². The SMILES string of the molecule is CCC(C)NC(=O)CCNC(=NC)NCC1COc2ccccc2O1.I. The van der Waals surface area contributed by atoms with E-state index in [1.54, 1.807) is 7.05 Å². The summed E-state index contributed by atoms with van der Waals surface area (Å²) < 4.78 is 11.6. The van der Waals surface area contributed by atoms with Gasteiger partial charge in [0.1, 0.15) is 12.7 Å². The zero-order valence-electron chi connectivity index (χ0n) is 15.6. The molecule has 2 unspecified atom stereocenters. The zero-order valence-corrected chi connectivity index (χ0v) is 17.9. The van der Waals surface area contributed by atoms with E-state index in [0.29, 0.717) is 32.1 Å². The molecule has 0 radical (unpaired) electrons. The van der Waals surface area contributed by atoms with Crippen LogP contribution in [0, 0.1) is 0 Å². The Morgan fingerprint density at radius 2 is 2.04 bits per heavy atom. The molecule has 3 N–H and O–H groups in total. The van der Waals surface area contributed by atoms with Crippen LogP contribution in [0.4, 0.5) is 0 Å². The summed E-state index contributed by atoms with van der Waals surface area (Å²) in [6.45, 7) is 5.61. The number of para-hydroxylation sites is 2. The Morgan fingerprint density at radius 1 is 1.31 bits per heavy atom. The molecule has 0 fully saturated rings. The number of halogens is 1. The third kappa shape index (κ3) is 7.27. The van der Waals surface area contributed by atoms with Crippen molar-refractivity contribution < 1.29 is 14.3 Å². The monoisotopic (exact) mass is 476 g/mol. The summed E-state index contributed by atoms with van der Waals surface area (Å²) in [5.41, 5.74) is 0. The molecule has 1 aliphatic heterocycles. The number of aliphatic imine (C=N–C) groups is 1. The molecule has 8 heteroatoms. The smallest absolute Gasteiger partial charge is 0.221 e. The minimum Gasteiger partial charge on any atom is -0.486 e. The molecule has 1 aromatic rings. The van der Waals surface area contributed by atoms with Crippen molar-refractivity contribution in [3.63, 3.8) is 0 Å². The van der Waals surface area contributed by atoms with Crippen LogP contribution < -0.4 is 25.4 Å². The van der Waals surface area contributed by atoms with Crippen molar-refractivity contribution >= 4 is 35.8 Å². The number of carbonyl (C=O) groups excluding carboxylic acids is 1. The lowest BCUT2D eigenvalue weighted by atomic mass is 10.2. The van der Waals surface area contributed by atoms with Crippen LogP contribution in [0.25, 0.3) is 0 Å². The Kier molecular flexibility index (Phi) is 10.2. The Bertz CT molecular complexity index is 598. The third-order valence-corrected chi connectivity index (χ3v) is 3.95. The molecular weight excluding hydrogens is 447 g/mol. The first-order valence-corrected chi connectivity index (χ1v) is 8.74. The molecule has 1 amide bonds. The summed E-state index contributed by atoms with van der Waals surface area (Å²) >= 11 is 0. The lowest BCUT2D eigenvalue weighted by Crippen LogP contribution is -2.46. The molecule has 2 rings (SSSR count). The Morgan fingerprint density at radius 3 is 2.73 bits per heavy atom. The van der Waals surface area contributed by atoms with E-state index in [-0.39, 0.29) is 42.0 Å². The van der Waals surface area contributed by atoms with Crippen LogP contribution in [0.2, 0.25) is 0 Å². The third-order valence-electron chi connectivity index (χ3n) is 3.95. The van der Waals surface area contributed by atoms with Crippen LogP contribution in [0.5, 0.6) is 11.5 Å². The number of carbonyl (C=O) groups is 1. The van der Waals surface area contributed by atoms with Crippen LogP contribution in [0.3, 0.4) is 0 Å². The number of nitrogens with one attached hydrogen (secondary N) is 3. The molecule has 0 saturated carbocycles. The maximum Gasteiger partial charge on any atom is 0.221 e. The Balaban J connectivity index is 0.00000338. The molecule has 0 spiro atoms. The lowest BCUT2D eigenvalue weighted by molar-refractivity contribution is -0.121. The number of benzene rings is 1. The predicted octanol–water partition coefficient (Wildman–Crippen LogP) is 1.91. The molecule has 26 heavy (non-hydrogen) atoms. The number of nitrogens with zero attached hydrogens (tertiary/aromatic N) is 1. The Labute approximate surface area is 172 Å². The van der Waals surface area contributed by atoms with Gasteiger partial charge in [-0.25, -0.2) is 0 Å². The second-order valence-electron chi connectivity index (χ2n) is 6.00. The van der Waals surface area contributed by atoms with Crippen LogP contribution in [0.15, 0.2) is 29.3 Å². The van der Waals surface area contributed by atoms with Gasteiger partial charge in [0, 0.05) is 26.1 Å². The molecule has 1 heterocycles. The summed E-state index contributed by atoms with van der Waals surface area (Å²) in [6, 6.07) is 7.83. The van der Waals surface area contributed by atoms with Crippen molar-refractivity contribution in [2.24, 2.45) is 4.99 Å². The van der Waals surface area contributed by atoms with Crippen LogP contribution >= 0.6 is 24.0 Å². The van der Waals surface area contributed by atoms with Gasteiger partial charge in [0.15, 0.2) is 17.5 Å². The molecule has 0 aliphatic carbocycles. The fourth-order valence-electron chi connectivity index (χ4n) is 2.34. The Hall–Kier alpha value is -1.71. The largest absolute Gasteiger partial charge is 0.486 e. The zero-order chi connectivity index (χ0) is 18.1. The van der Waals surface area contributed by atoms with Crippen LogP contribution in [0.1, 0.15) is 26.7 Å². The van der Waals surface area contributed by atoms with Gasteiger partial charge < -0.3 is 25.4 Å². The van der Waals surface area contributed by atoms with Gasteiger partial charge in [0.2, 0.25) is 5.91 Å². The summed E-state index contributed by atoms with van der Waals surface area (Å²) in [6.07, 6.45) is 1.23. The van der Waals surface area contributed by atoms with Crippen molar-refractivity contribution in [1.82, 2.24) is 16.0 Å². The summed E-state index contributed by atoms with van der Waals surface area (Å²) in [4.78, 5) is 15.9. The van der Waals surface area contributed by atoms with E-state index in [1.807, 2.05) is 38.1 Å². The first kappa shape index (κ1) is 22.3. The highest BCUT2D eigenvalue weighted by molar-refractivity contribution is 14.0. The maximum absolute atomic E-state index is 11.8. The molecule has 0 aromatic heterocycles. The van der Waals surface area contributed by atoms with E-state index in [9.17, 15) is 4.79 Å². The number of amides is 1. The first-order valence-electron chi connectivity index (χ1n) is 8.74. The van der Waals surface area contributed by atoms with Gasteiger partial charge in [0.05, 0.1) is 6.54 Å². The highest BCUT2D eigenvalue weighted by atomic mass is 127. The van der Waals surface area contributed by atoms with E-state index in [1.165, 1.54) is 0 Å². The van der Waals surface area contributed by atoms with E-state index in [2.05, 4.69) is 20.9 Å². The maximum atomic E-state index is 11.8. The van der Waals surface area contributed by atoms with Gasteiger partial charge in [-0.2, -0.15) is 0 Å². The molecule has 146 valence electrons. The van der Waals surface area contributed by atoms with Crippen molar-refractivity contribution in [3.8, 4) is 11.5 Å². The fraction of sp³-hybridized carbons (Fsp3) is 0.556. The summed E-state index contributed by atoms with van der Waals surface area (Å²) in [7, 11) is 1.70. The minimum atomic E-state index is -0.0952. The summed E-state index contributed by atoms with van der Waals surface area (Å²) in [5, 5.41) is 9.27. The van der Waals surface area contributed by atoms with Crippen molar-refractivity contribution in [2.75, 3.05) is 26.7 Å². The van der Waals surface area contributed by atoms with Gasteiger partial charge in [-0.3, -0.25) is 9.79 Å². The fourth-order valence-corrected chi connectivity index (χ4v) is 2.34. The number of fused-ring (bicyclic) bond motifs is 1. The first-order chi connectivity index (χ1) is 12.1. The molecule has 7 nitrogen and oxygen atoms in total. The number of guanidine groups is 1. The quantitative estimate of drug-likeness (QED) is 0.318. The van der Waals surface area contributed by atoms with Gasteiger partial charge in [-0.15, -0.1) is 24.0 Å². The van der Waals surface area contributed by atoms with Gasteiger partial charge >= 0.3 is 0 Å². The van der Waals surface area contributed by atoms with Gasteiger partial charge in [-0.05, 0) is 25.5 Å². The topological polar surface area (TPSA) is 84.0 Å². The van der Waals surface area contributed by atoms with E-state index in [4.69, 9.17) is 9.47 Å². The number of ether oxygens (including phenoxy) is 2. The highest BCUT2D eigenvalue weighted by Crippen LogP contribution is 2.30. The standard InChI is InChI=1S/C18H28N4O3.HI/c1-4-13(2)22-17(23)9-10-20-18(19-3)21-11-14-12-24-15-7-5-6-8-16(15)25-14;/h5-8,13-14H,4,9-12H2,1-3H3,(H,22,23)(H2,19,20,21);1H. The minimum absolute atomic E-state index is 0. The molecular formula is C18H29IN4O3. The van der Waals surface area contributed by atoms with E-state index in [0.717, 1.165) is 17.9 Å². The van der Waals surface area contributed by atoms with Crippen molar-refractivity contribution in [1.29, 1.82) is 0 Å². The average Bonchev–Trinajstić information content (AvgIpc) is 2.64. The van der Waals surface area contributed by atoms with E-state index < -0.39 is 0 Å². The number of hydrogen-bond acceptors (Lipinski definition) is 4. The summed E-state index contributed by atoms with van der Waals surface area (Å²) in [5.74, 6) is 2.20. The van der Waals surface area contributed by atoms with Crippen molar-refractivity contribution in [2.45, 2.75) is 38.8 Å². The average molecular weight is 476 g/mol. The van der Waals surface area contributed by atoms with Crippen LogP contribution in [-0.2, 0) is 4.79 Å². The van der Waals surface area contributed by atoms with E-state index >= 15 is 0 Å². The van der Waals surface area contributed by atoms with Gasteiger partial charge in [-0.1, -0.05) is 19.1 Å². The second-order valence-corrected chi connectivity index (χ2v) is 6.00. The second kappa shape index (κ2) is 11.8. The number of rotatable bonds is 7. The molecule has 2 atom stereocenters. The molecule has 0 bridgehead atoms.